The first-order valence-corrected chi connectivity index (χ1v) is 12.5. The molecule has 11 heteroatoms. The first kappa shape index (κ1) is 25.3. The fraction of sp³-hybridized carbons (Fsp3) is 0.333. The molecule has 0 aliphatic rings. The van der Waals surface area contributed by atoms with Crippen molar-refractivity contribution in [3.63, 3.8) is 0 Å². The van der Waals surface area contributed by atoms with Gasteiger partial charge in [0.2, 0.25) is 5.82 Å². The van der Waals surface area contributed by atoms with E-state index in [0.717, 1.165) is 22.3 Å². The zero-order valence-electron chi connectivity index (χ0n) is 21.9. The Morgan fingerprint density at radius 3 is 2.37 bits per heavy atom. The Bertz CT molecular complexity index is 1680. The molecule has 0 amide bonds. The quantitative estimate of drug-likeness (QED) is 0.321. The zero-order chi connectivity index (χ0) is 26.8. The molecule has 2 aromatic carbocycles. The topological polar surface area (TPSA) is 126 Å². The van der Waals surface area contributed by atoms with Gasteiger partial charge >= 0.3 is 5.69 Å². The van der Waals surface area contributed by atoms with E-state index >= 15 is 0 Å². The van der Waals surface area contributed by atoms with Crippen LogP contribution < -0.4 is 11.2 Å². The minimum absolute atomic E-state index is 0.133. The van der Waals surface area contributed by atoms with Gasteiger partial charge in [0, 0.05) is 25.8 Å². The van der Waals surface area contributed by atoms with Crippen molar-refractivity contribution in [3.8, 4) is 22.5 Å². The fourth-order valence-electron chi connectivity index (χ4n) is 4.68. The van der Waals surface area contributed by atoms with Crippen molar-refractivity contribution >= 4 is 11.2 Å². The highest BCUT2D eigenvalue weighted by Crippen LogP contribution is 2.30. The van der Waals surface area contributed by atoms with Crippen LogP contribution in [0.2, 0.25) is 0 Å². The van der Waals surface area contributed by atoms with E-state index in [1.165, 1.54) is 4.57 Å². The highest BCUT2D eigenvalue weighted by atomic mass is 16.5. The third-order valence-electron chi connectivity index (χ3n) is 6.49. The molecule has 0 radical (unpaired) electrons. The normalized spacial score (nSPS) is 11.6. The molecule has 0 bridgehead atoms. The number of tetrazole rings is 1. The van der Waals surface area contributed by atoms with Crippen LogP contribution in [0.15, 0.2) is 58.1 Å². The summed E-state index contributed by atoms with van der Waals surface area (Å²) in [6, 6.07) is 16.0. The zero-order valence-corrected chi connectivity index (χ0v) is 21.9. The Morgan fingerprint density at radius 1 is 0.974 bits per heavy atom. The minimum atomic E-state index is -0.359. The lowest BCUT2D eigenvalue weighted by atomic mass is 9.98. The second-order valence-corrected chi connectivity index (χ2v) is 9.63. The van der Waals surface area contributed by atoms with Crippen molar-refractivity contribution in [2.24, 2.45) is 5.92 Å². The van der Waals surface area contributed by atoms with Gasteiger partial charge in [-0.05, 0) is 34.7 Å². The molecule has 1 N–H and O–H groups in total. The average molecular weight is 515 g/mol. The van der Waals surface area contributed by atoms with Crippen LogP contribution >= 0.6 is 0 Å². The van der Waals surface area contributed by atoms with Gasteiger partial charge in [-0.1, -0.05) is 62.4 Å². The van der Waals surface area contributed by atoms with E-state index in [4.69, 9.17) is 4.74 Å². The summed E-state index contributed by atoms with van der Waals surface area (Å²) >= 11 is 0. The molecular formula is C27H30N8O3. The van der Waals surface area contributed by atoms with Crippen LogP contribution in [0.4, 0.5) is 0 Å². The summed E-state index contributed by atoms with van der Waals surface area (Å²) in [5, 5.41) is 14.4. The molecule has 0 atom stereocenters. The molecule has 5 rings (SSSR count). The largest absolute Gasteiger partial charge is 0.383 e. The van der Waals surface area contributed by atoms with Crippen molar-refractivity contribution < 1.29 is 4.74 Å². The van der Waals surface area contributed by atoms with Gasteiger partial charge in [-0.2, -0.15) is 5.21 Å². The van der Waals surface area contributed by atoms with E-state index in [9.17, 15) is 9.59 Å². The van der Waals surface area contributed by atoms with Crippen LogP contribution in [-0.4, -0.2) is 53.0 Å². The highest BCUT2D eigenvalue weighted by Gasteiger charge is 2.21. The molecule has 38 heavy (non-hydrogen) atoms. The maximum absolute atomic E-state index is 13.6. The predicted octanol–water partition coefficient (Wildman–Crippen LogP) is 2.87. The summed E-state index contributed by atoms with van der Waals surface area (Å²) in [4.78, 5) is 31.4. The van der Waals surface area contributed by atoms with Gasteiger partial charge in [0.1, 0.15) is 5.82 Å². The number of fused-ring (bicyclic) bond motifs is 1. The minimum Gasteiger partial charge on any atom is -0.383 e. The Balaban J connectivity index is 1.55. The number of aromatic nitrogens is 8. The van der Waals surface area contributed by atoms with Crippen molar-refractivity contribution in [2.45, 2.75) is 40.4 Å². The van der Waals surface area contributed by atoms with Crippen LogP contribution in [0, 0.1) is 12.8 Å². The molecule has 196 valence electrons. The van der Waals surface area contributed by atoms with Gasteiger partial charge in [0.15, 0.2) is 11.2 Å². The van der Waals surface area contributed by atoms with Crippen LogP contribution in [0.3, 0.4) is 0 Å². The molecule has 0 aliphatic carbocycles. The molecule has 3 aromatic heterocycles. The number of nitrogens with zero attached hydrogens (tertiary/aromatic N) is 7. The summed E-state index contributed by atoms with van der Waals surface area (Å²) in [5.41, 5.74) is 4.01. The fourth-order valence-corrected chi connectivity index (χ4v) is 4.68. The monoisotopic (exact) mass is 514 g/mol. The number of H-pyrrole nitrogens is 1. The van der Waals surface area contributed by atoms with Gasteiger partial charge < -0.3 is 9.30 Å². The molecule has 0 unspecified atom stereocenters. The number of benzene rings is 2. The Labute approximate surface area is 218 Å². The van der Waals surface area contributed by atoms with Crippen LogP contribution in [-0.2, 0) is 24.4 Å². The number of aryl methyl sites for hydroxylation is 1. The smallest absolute Gasteiger partial charge is 0.332 e. The number of hydrogen-bond donors (Lipinski definition) is 1. The molecule has 0 aliphatic heterocycles. The Hall–Kier alpha value is -4.38. The third kappa shape index (κ3) is 4.68. The van der Waals surface area contributed by atoms with Gasteiger partial charge in [0.05, 0.1) is 13.2 Å². The Morgan fingerprint density at radius 2 is 1.71 bits per heavy atom. The lowest BCUT2D eigenvalue weighted by Gasteiger charge is -2.14. The number of ether oxygens (including phenoxy) is 1. The predicted molar refractivity (Wildman–Crippen MR) is 144 cm³/mol. The van der Waals surface area contributed by atoms with E-state index in [1.807, 2.05) is 73.9 Å². The molecule has 5 aromatic rings. The van der Waals surface area contributed by atoms with Crippen molar-refractivity contribution in [1.29, 1.82) is 0 Å². The van der Waals surface area contributed by atoms with Gasteiger partial charge in [0.25, 0.3) is 5.56 Å². The average Bonchev–Trinajstić information content (AvgIpc) is 3.56. The molecule has 11 nitrogen and oxygen atoms in total. The summed E-state index contributed by atoms with van der Waals surface area (Å²) in [6.07, 6.45) is 0. The van der Waals surface area contributed by atoms with Crippen molar-refractivity contribution in [3.05, 3.63) is 80.8 Å². The van der Waals surface area contributed by atoms with Crippen LogP contribution in [0.25, 0.3) is 33.7 Å². The van der Waals surface area contributed by atoms with E-state index < -0.39 is 0 Å². The standard InChI is InChI=1S/C27H30N8O3/c1-17(2)15-35-26(36)23-25(33(27(35)37)13-14-38-4)28-18(3)34(23)16-19-9-11-20(12-10-19)21-7-5-6-8-22(21)24-29-31-32-30-24/h5-12,17H,13-16H2,1-4H3,(H,29,30,31,32). The lowest BCUT2D eigenvalue weighted by molar-refractivity contribution is 0.186. The molecule has 0 saturated heterocycles. The molecular weight excluding hydrogens is 484 g/mol. The first-order chi connectivity index (χ1) is 18.4. The summed E-state index contributed by atoms with van der Waals surface area (Å²) in [7, 11) is 1.58. The molecule has 3 heterocycles. The maximum atomic E-state index is 13.6. The number of methoxy groups -OCH3 is 1. The lowest BCUT2D eigenvalue weighted by Crippen LogP contribution is -2.42. The van der Waals surface area contributed by atoms with Gasteiger partial charge in [-0.15, -0.1) is 10.2 Å². The molecule has 0 spiro atoms. The number of rotatable bonds is 9. The van der Waals surface area contributed by atoms with Crippen LogP contribution in [0.1, 0.15) is 25.2 Å². The number of imidazole rings is 1. The van der Waals surface area contributed by atoms with E-state index in [0.29, 0.717) is 49.1 Å². The third-order valence-corrected chi connectivity index (χ3v) is 6.49. The highest BCUT2D eigenvalue weighted by molar-refractivity contribution is 5.80. The second kappa shape index (κ2) is 10.5. The summed E-state index contributed by atoms with van der Waals surface area (Å²) in [5.74, 6) is 1.33. The van der Waals surface area contributed by atoms with Crippen molar-refractivity contribution in [1.82, 2.24) is 39.3 Å². The van der Waals surface area contributed by atoms with Crippen LogP contribution in [0.5, 0.6) is 0 Å². The molecule has 0 saturated carbocycles. The number of nitrogens with one attached hydrogen (secondary N) is 1. The summed E-state index contributed by atoms with van der Waals surface area (Å²) in [6.45, 7) is 7.25. The maximum Gasteiger partial charge on any atom is 0.332 e. The SMILES string of the molecule is COCCn1c(=O)n(CC(C)C)c(=O)c2c1nc(C)n2Cc1ccc(-c2ccccc2-c2nn[nH]n2)cc1. The first-order valence-electron chi connectivity index (χ1n) is 12.5. The van der Waals surface area contributed by atoms with E-state index in [2.05, 4.69) is 25.6 Å². The van der Waals surface area contributed by atoms with Crippen molar-refractivity contribution in [2.75, 3.05) is 13.7 Å². The van der Waals surface area contributed by atoms with E-state index in [-0.39, 0.29) is 17.2 Å². The number of aromatic amines is 1. The van der Waals surface area contributed by atoms with Gasteiger partial charge in [-0.25, -0.2) is 9.78 Å². The van der Waals surface area contributed by atoms with Gasteiger partial charge in [-0.3, -0.25) is 13.9 Å². The molecule has 0 fully saturated rings. The second-order valence-electron chi connectivity index (χ2n) is 9.63. The number of hydrogen-bond acceptors (Lipinski definition) is 7. The summed E-state index contributed by atoms with van der Waals surface area (Å²) < 4.78 is 9.97. The van der Waals surface area contributed by atoms with E-state index in [1.54, 1.807) is 11.7 Å². The Kier molecular flexibility index (Phi) is 7.01.